The highest BCUT2D eigenvalue weighted by Gasteiger charge is 2.33. The van der Waals surface area contributed by atoms with E-state index >= 15 is 0 Å². The molecule has 2 N–H and O–H groups in total. The largest absolute Gasteiger partial charge is 0.481 e. The van der Waals surface area contributed by atoms with E-state index < -0.39 is 5.97 Å². The molecule has 2 aliphatic carbocycles. The third-order valence-corrected chi connectivity index (χ3v) is 3.89. The molecule has 4 nitrogen and oxygen atoms in total. The van der Waals surface area contributed by atoms with E-state index in [0.29, 0.717) is 6.54 Å². The summed E-state index contributed by atoms with van der Waals surface area (Å²) in [5.41, 5.74) is 0. The number of nitrogens with one attached hydrogen (secondary N) is 1. The van der Waals surface area contributed by atoms with Crippen LogP contribution in [0.25, 0.3) is 0 Å². The van der Waals surface area contributed by atoms with E-state index in [9.17, 15) is 9.59 Å². The van der Waals surface area contributed by atoms with E-state index in [2.05, 4.69) is 5.32 Å². The Morgan fingerprint density at radius 2 is 1.94 bits per heavy atom. The lowest BCUT2D eigenvalue weighted by Gasteiger charge is -2.18. The molecule has 0 aromatic rings. The van der Waals surface area contributed by atoms with Crippen LogP contribution in [-0.2, 0) is 9.59 Å². The molecule has 94 valence electrons. The fourth-order valence-electron chi connectivity index (χ4n) is 2.81. The van der Waals surface area contributed by atoms with Crippen LogP contribution in [0.15, 0.2) is 12.2 Å². The van der Waals surface area contributed by atoms with Gasteiger partial charge in [0.2, 0.25) is 5.91 Å². The number of carboxylic acids is 1. The van der Waals surface area contributed by atoms with Crippen LogP contribution in [0.5, 0.6) is 0 Å². The summed E-state index contributed by atoms with van der Waals surface area (Å²) in [6, 6.07) is 0. The van der Waals surface area contributed by atoms with Gasteiger partial charge in [-0.1, -0.05) is 18.6 Å². The average molecular weight is 237 g/mol. The zero-order valence-corrected chi connectivity index (χ0v) is 9.89. The van der Waals surface area contributed by atoms with Gasteiger partial charge in [0.15, 0.2) is 0 Å². The van der Waals surface area contributed by atoms with Gasteiger partial charge in [0.25, 0.3) is 0 Å². The third-order valence-electron chi connectivity index (χ3n) is 3.89. The topological polar surface area (TPSA) is 66.4 Å². The van der Waals surface area contributed by atoms with Gasteiger partial charge in [-0.3, -0.25) is 9.59 Å². The Bertz CT molecular complexity index is 330. The highest BCUT2D eigenvalue weighted by atomic mass is 16.4. The van der Waals surface area contributed by atoms with Gasteiger partial charge in [0, 0.05) is 12.5 Å². The van der Waals surface area contributed by atoms with Gasteiger partial charge in [0.1, 0.15) is 0 Å². The van der Waals surface area contributed by atoms with Crippen LogP contribution in [0.3, 0.4) is 0 Å². The molecule has 0 aromatic heterocycles. The van der Waals surface area contributed by atoms with Crippen molar-refractivity contribution in [1.82, 2.24) is 5.32 Å². The molecule has 0 heterocycles. The second-order valence-corrected chi connectivity index (χ2v) is 5.02. The Morgan fingerprint density at radius 1 is 1.24 bits per heavy atom. The summed E-state index contributed by atoms with van der Waals surface area (Å²) in [7, 11) is 0. The molecule has 0 saturated heterocycles. The lowest BCUT2D eigenvalue weighted by Crippen LogP contribution is -2.36. The van der Waals surface area contributed by atoms with Gasteiger partial charge in [-0.05, 0) is 31.6 Å². The first-order valence-electron chi connectivity index (χ1n) is 6.34. The first-order valence-corrected chi connectivity index (χ1v) is 6.34. The predicted octanol–water partition coefficient (Wildman–Crippen LogP) is 1.57. The van der Waals surface area contributed by atoms with Crippen molar-refractivity contribution < 1.29 is 14.7 Å². The van der Waals surface area contributed by atoms with Crippen molar-refractivity contribution in [3.8, 4) is 0 Å². The zero-order valence-electron chi connectivity index (χ0n) is 9.89. The van der Waals surface area contributed by atoms with E-state index in [1.165, 1.54) is 0 Å². The minimum Gasteiger partial charge on any atom is -0.481 e. The van der Waals surface area contributed by atoms with E-state index in [-0.39, 0.29) is 23.7 Å². The molecule has 0 aromatic carbocycles. The van der Waals surface area contributed by atoms with Gasteiger partial charge in [-0.25, -0.2) is 0 Å². The average Bonchev–Trinajstić information content (AvgIpc) is 2.96. The van der Waals surface area contributed by atoms with Crippen molar-refractivity contribution in [1.29, 1.82) is 0 Å². The first-order chi connectivity index (χ1) is 8.18. The Morgan fingerprint density at radius 3 is 2.59 bits per heavy atom. The number of allylic oxidation sites excluding steroid dienone is 2. The summed E-state index contributed by atoms with van der Waals surface area (Å²) in [5, 5.41) is 11.9. The number of rotatable bonds is 4. The van der Waals surface area contributed by atoms with Crippen molar-refractivity contribution >= 4 is 11.9 Å². The van der Waals surface area contributed by atoms with Crippen LogP contribution in [0.4, 0.5) is 0 Å². The molecule has 1 fully saturated rings. The number of carbonyl (C=O) groups excluding carboxylic acids is 1. The number of amides is 1. The van der Waals surface area contributed by atoms with Crippen LogP contribution in [0.2, 0.25) is 0 Å². The van der Waals surface area contributed by atoms with E-state index in [4.69, 9.17) is 5.11 Å². The zero-order chi connectivity index (χ0) is 12.3. The Hall–Kier alpha value is -1.32. The normalized spacial score (nSPS) is 28.5. The van der Waals surface area contributed by atoms with Crippen LogP contribution < -0.4 is 5.32 Å². The van der Waals surface area contributed by atoms with Crippen LogP contribution in [-0.4, -0.2) is 23.5 Å². The summed E-state index contributed by atoms with van der Waals surface area (Å²) < 4.78 is 0. The van der Waals surface area contributed by atoms with Crippen molar-refractivity contribution in [3.05, 3.63) is 12.2 Å². The molecule has 1 amide bonds. The molecular formula is C13H19NO3. The van der Waals surface area contributed by atoms with E-state index in [1.54, 1.807) is 0 Å². The maximum absolute atomic E-state index is 11.8. The minimum absolute atomic E-state index is 0.0691. The lowest BCUT2D eigenvalue weighted by atomic mass is 9.96. The minimum atomic E-state index is -0.718. The molecule has 2 aliphatic rings. The highest BCUT2D eigenvalue weighted by molar-refractivity contribution is 5.79. The van der Waals surface area contributed by atoms with Gasteiger partial charge in [-0.2, -0.15) is 0 Å². The monoisotopic (exact) mass is 237 g/mol. The summed E-state index contributed by atoms with van der Waals surface area (Å²) >= 11 is 0. The fourth-order valence-corrected chi connectivity index (χ4v) is 2.81. The molecule has 17 heavy (non-hydrogen) atoms. The van der Waals surface area contributed by atoms with E-state index in [1.807, 2.05) is 12.2 Å². The van der Waals surface area contributed by atoms with Crippen LogP contribution in [0, 0.1) is 17.8 Å². The van der Waals surface area contributed by atoms with Gasteiger partial charge < -0.3 is 10.4 Å². The number of hydrogen-bond donors (Lipinski definition) is 2. The first kappa shape index (κ1) is 12.1. The smallest absolute Gasteiger partial charge is 0.306 e. The van der Waals surface area contributed by atoms with Crippen molar-refractivity contribution in [2.75, 3.05) is 6.54 Å². The van der Waals surface area contributed by atoms with Gasteiger partial charge >= 0.3 is 5.97 Å². The van der Waals surface area contributed by atoms with E-state index in [0.717, 1.165) is 32.1 Å². The van der Waals surface area contributed by atoms with Crippen LogP contribution >= 0.6 is 0 Å². The summed E-state index contributed by atoms with van der Waals surface area (Å²) in [6.45, 7) is 0.520. The number of carbonyl (C=O) groups is 2. The molecule has 0 spiro atoms. The van der Waals surface area contributed by atoms with Crippen molar-refractivity contribution in [2.45, 2.75) is 32.1 Å². The van der Waals surface area contributed by atoms with Gasteiger partial charge in [0.05, 0.1) is 5.92 Å². The Balaban J connectivity index is 1.77. The molecular weight excluding hydrogens is 218 g/mol. The highest BCUT2D eigenvalue weighted by Crippen LogP contribution is 2.31. The second-order valence-electron chi connectivity index (χ2n) is 5.02. The summed E-state index contributed by atoms with van der Waals surface area (Å²) in [5.74, 6) is -0.724. The maximum atomic E-state index is 11.8. The van der Waals surface area contributed by atoms with Crippen molar-refractivity contribution in [3.63, 3.8) is 0 Å². The molecule has 1 saturated carbocycles. The molecule has 0 bridgehead atoms. The standard InChI is InChI=1S/C13H19NO3/c15-12(9-4-1-2-5-9)14-8-10-6-3-7-11(10)13(16)17/h1-2,9-11H,3-8H2,(H,14,15)(H,16,17). The summed E-state index contributed by atoms with van der Waals surface area (Å²) in [6.07, 6.45) is 8.32. The maximum Gasteiger partial charge on any atom is 0.306 e. The Kier molecular flexibility index (Phi) is 3.82. The SMILES string of the molecule is O=C(NCC1CCCC1C(=O)O)C1CC=CC1. The van der Waals surface area contributed by atoms with Crippen molar-refractivity contribution in [2.24, 2.45) is 17.8 Å². The third kappa shape index (κ3) is 2.87. The molecule has 0 aliphatic heterocycles. The quantitative estimate of drug-likeness (QED) is 0.729. The number of carboxylic acid groups (broad SMARTS) is 1. The fraction of sp³-hybridized carbons (Fsp3) is 0.692. The van der Waals surface area contributed by atoms with Crippen LogP contribution in [0.1, 0.15) is 32.1 Å². The summed E-state index contributed by atoms with van der Waals surface area (Å²) in [4.78, 5) is 22.8. The molecule has 2 atom stereocenters. The number of aliphatic carboxylic acids is 1. The Labute approximate surface area is 101 Å². The molecule has 4 heteroatoms. The molecule has 0 radical (unpaired) electrons. The van der Waals surface area contributed by atoms with Gasteiger partial charge in [-0.15, -0.1) is 0 Å². The second kappa shape index (κ2) is 5.34. The number of hydrogen-bond acceptors (Lipinski definition) is 2. The molecule has 2 rings (SSSR count). The predicted molar refractivity (Wildman–Crippen MR) is 63.3 cm³/mol. The molecule has 2 unspecified atom stereocenters. The lowest BCUT2D eigenvalue weighted by molar-refractivity contribution is -0.143.